The molecule has 0 saturated carbocycles. The Morgan fingerprint density at radius 1 is 0.955 bits per heavy atom. The van der Waals surface area contributed by atoms with Crippen molar-refractivity contribution in [2.24, 2.45) is 23.7 Å². The number of methoxy groups -OCH3 is 1. The molecule has 1 saturated heterocycles. The fraction of sp³-hybridized carbons (Fsp3) is 0.490. The van der Waals surface area contributed by atoms with Crippen LogP contribution in [0.5, 0.6) is 11.5 Å². The highest BCUT2D eigenvalue weighted by Crippen LogP contribution is 2.42. The maximum atomic E-state index is 14.8. The summed E-state index contributed by atoms with van der Waals surface area (Å²) in [5.41, 5.74) is -1.36. The zero-order chi connectivity index (χ0) is 48.1. The number of aliphatic hydroxyl groups excluding tert-OH is 3. The molecule has 354 valence electrons. The van der Waals surface area contributed by atoms with Crippen LogP contribution in [0.1, 0.15) is 61.0 Å². The monoisotopic (exact) mass is 912 g/mol. The SMILES string of the molecule is CCN1CCN(c2cc(=O)c3nc4c(oc3c2)c2c(=O)c3c(O)c(C)c5c(c34)=C(O)[C@@](C)(O/C=C/[C@H](OC)[C@@H](C)[C@@H](OC(C)=O)[C@H](C)[C@H](O)[C@H](C)[C@@H](O)[C@@H](C)/C=C/C=C(/C)C(=O)N2)O5)CC1. The molecule has 66 heavy (non-hydrogen) atoms. The summed E-state index contributed by atoms with van der Waals surface area (Å²) in [5.74, 6) is -6.92. The number of esters is 1. The minimum Gasteiger partial charge on any atom is -0.507 e. The Kier molecular flexibility index (Phi) is 13.6. The topological polar surface area (TPSA) is 231 Å². The minimum absolute atomic E-state index is 0.0374. The summed E-state index contributed by atoms with van der Waals surface area (Å²) in [6.07, 6.45) is 3.56. The maximum Gasteiger partial charge on any atom is 0.307 e. The van der Waals surface area contributed by atoms with Gasteiger partial charge in [-0.15, -0.1) is 0 Å². The van der Waals surface area contributed by atoms with E-state index >= 15 is 0 Å². The molecule has 17 heteroatoms. The second kappa shape index (κ2) is 18.7. The highest BCUT2D eigenvalue weighted by molar-refractivity contribution is 6.16. The van der Waals surface area contributed by atoms with Gasteiger partial charge in [-0.05, 0) is 26.5 Å². The number of phenolic OH excluding ortho intramolecular Hbond substituents is 1. The number of nitrogens with zero attached hydrogens (tertiary/aromatic N) is 3. The highest BCUT2D eigenvalue weighted by Gasteiger charge is 2.44. The maximum absolute atomic E-state index is 14.8. The first kappa shape index (κ1) is 47.9. The zero-order valence-electron chi connectivity index (χ0n) is 39.0. The van der Waals surface area contributed by atoms with Gasteiger partial charge in [0.25, 0.3) is 5.91 Å². The number of piperazine rings is 1. The number of aliphatic hydroxyl groups is 3. The molecule has 0 aliphatic carbocycles. The number of likely N-dealkylation sites (N-methyl/N-ethyl adjacent to an activating group) is 1. The Balaban J connectivity index is 1.47. The number of benzene rings is 3. The van der Waals surface area contributed by atoms with E-state index in [1.807, 2.05) is 0 Å². The van der Waals surface area contributed by atoms with Gasteiger partial charge in [0.15, 0.2) is 22.4 Å². The van der Waals surface area contributed by atoms with E-state index in [1.54, 1.807) is 45.9 Å². The van der Waals surface area contributed by atoms with Crippen molar-refractivity contribution in [3.63, 3.8) is 0 Å². The highest BCUT2D eigenvalue weighted by atomic mass is 16.7. The number of rotatable bonds is 4. The van der Waals surface area contributed by atoms with Gasteiger partial charge in [-0.1, -0.05) is 52.8 Å². The first-order chi connectivity index (χ1) is 31.2. The van der Waals surface area contributed by atoms with Crippen LogP contribution in [0.4, 0.5) is 11.4 Å². The molecule has 0 spiro atoms. The molecule has 5 N–H and O–H groups in total. The van der Waals surface area contributed by atoms with Crippen LogP contribution < -0.4 is 31.0 Å². The third-order valence-electron chi connectivity index (χ3n) is 13.6. The van der Waals surface area contributed by atoms with E-state index in [0.717, 1.165) is 19.6 Å². The number of allylic oxidation sites excluding steroid dienone is 2. The predicted molar refractivity (Wildman–Crippen MR) is 249 cm³/mol. The summed E-state index contributed by atoms with van der Waals surface area (Å²) in [7, 11) is 1.44. The molecular formula is C49H60N4O13. The van der Waals surface area contributed by atoms with Crippen LogP contribution in [-0.4, -0.2) is 112 Å². The van der Waals surface area contributed by atoms with Gasteiger partial charge in [0.05, 0.1) is 35.2 Å². The normalized spacial score (nSPS) is 29.9. The third kappa shape index (κ3) is 8.60. The van der Waals surface area contributed by atoms with E-state index in [2.05, 4.69) is 22.0 Å². The number of carbonyl (C=O) groups excluding carboxylic acids is 2. The molecule has 3 aliphatic rings. The molecule has 1 amide bonds. The lowest BCUT2D eigenvalue weighted by molar-refractivity contribution is -0.160. The van der Waals surface area contributed by atoms with Crippen LogP contribution in [0.25, 0.3) is 38.7 Å². The number of ether oxygens (including phenoxy) is 4. The van der Waals surface area contributed by atoms with Crippen molar-refractivity contribution in [1.82, 2.24) is 9.88 Å². The number of fused-ring (bicyclic) bond motifs is 5. The van der Waals surface area contributed by atoms with E-state index in [4.69, 9.17) is 28.3 Å². The summed E-state index contributed by atoms with van der Waals surface area (Å²) in [6, 6.07) is 3.14. The summed E-state index contributed by atoms with van der Waals surface area (Å²) >= 11 is 0. The average Bonchev–Trinajstić information content (AvgIpc) is 3.56. The Morgan fingerprint density at radius 3 is 2.30 bits per heavy atom. The molecule has 1 aromatic heterocycles. The van der Waals surface area contributed by atoms with Gasteiger partial charge in [-0.3, -0.25) is 19.2 Å². The smallest absolute Gasteiger partial charge is 0.307 e. The standard InChI is InChI=1S/C49H60N4O13/c1-11-52-16-18-53(19-17-52)30-21-31(55)37-33(22-30)65-46-38(50-37)34-35-42(58)28(7)45-36(34)47(60)49(9,66-45)63-20-15-32(62-10)25(4)44(64-29(8)54)27(6)41(57)26(5)40(56)23(2)13-12-14-24(3)48(61)51-39(46)43(35)59/h12-15,20-23,25-27,32,40-41,44,56-58,60H,11,16-19H2,1-10H3,(H,51,61)/b13-12+,20-15+,24-14-/t23-,25+,26+,27+,32-,40-,41+,44+,49-/m0/s1. The first-order valence-electron chi connectivity index (χ1n) is 22.3. The van der Waals surface area contributed by atoms with Crippen LogP contribution >= 0.6 is 0 Å². The number of hydrogen-bond donors (Lipinski definition) is 5. The molecule has 4 heterocycles. The minimum atomic E-state index is -1.98. The van der Waals surface area contributed by atoms with Crippen molar-refractivity contribution in [1.29, 1.82) is 0 Å². The van der Waals surface area contributed by atoms with Crippen LogP contribution in [-0.2, 0) is 23.8 Å². The van der Waals surface area contributed by atoms with E-state index in [1.165, 1.54) is 59.3 Å². The Labute approximate surface area is 381 Å². The molecule has 1 fully saturated rings. The van der Waals surface area contributed by atoms with Crippen molar-refractivity contribution in [3.05, 3.63) is 79.5 Å². The summed E-state index contributed by atoms with van der Waals surface area (Å²) < 4.78 is 30.5. The Bertz CT molecular complexity index is 2850. The predicted octanol–water partition coefficient (Wildman–Crippen LogP) is 4.70. The summed E-state index contributed by atoms with van der Waals surface area (Å²) in [4.78, 5) is 64.4. The van der Waals surface area contributed by atoms with Crippen LogP contribution in [0.2, 0.25) is 0 Å². The lowest BCUT2D eigenvalue weighted by Crippen LogP contribution is -2.46. The Morgan fingerprint density at radius 2 is 1.65 bits per heavy atom. The summed E-state index contributed by atoms with van der Waals surface area (Å²) in [6.45, 7) is 18.5. The van der Waals surface area contributed by atoms with Crippen molar-refractivity contribution >= 4 is 62.0 Å². The largest absolute Gasteiger partial charge is 0.507 e. The van der Waals surface area contributed by atoms with E-state index in [9.17, 15) is 39.6 Å². The number of aromatic nitrogens is 1. The molecule has 17 nitrogen and oxygen atoms in total. The molecule has 9 atom stereocenters. The molecular weight excluding hydrogens is 853 g/mol. The number of carbonyl (C=O) groups is 2. The van der Waals surface area contributed by atoms with Gasteiger partial charge in [0.1, 0.15) is 28.8 Å². The Hall–Kier alpha value is -6.01. The molecule has 3 aromatic carbocycles. The average molecular weight is 913 g/mol. The van der Waals surface area contributed by atoms with Gasteiger partial charge in [-0.2, -0.15) is 0 Å². The lowest BCUT2D eigenvalue weighted by atomic mass is 9.78. The quantitative estimate of drug-likeness (QED) is 0.106. The number of hydrogen-bond acceptors (Lipinski definition) is 16. The second-order valence-electron chi connectivity index (χ2n) is 18.0. The van der Waals surface area contributed by atoms with Gasteiger partial charge in [0, 0.05) is 105 Å². The van der Waals surface area contributed by atoms with Crippen LogP contribution in [0, 0.1) is 30.6 Å². The van der Waals surface area contributed by atoms with Crippen LogP contribution in [0.15, 0.2) is 62.3 Å². The fourth-order valence-corrected chi connectivity index (χ4v) is 9.38. The van der Waals surface area contributed by atoms with Gasteiger partial charge in [0.2, 0.25) is 10.9 Å². The molecule has 7 rings (SSSR count). The zero-order valence-corrected chi connectivity index (χ0v) is 39.0. The fourth-order valence-electron chi connectivity index (χ4n) is 9.38. The molecule has 5 bridgehead atoms. The second-order valence-corrected chi connectivity index (χ2v) is 18.0. The molecule has 0 radical (unpaired) electrons. The first-order valence-corrected chi connectivity index (χ1v) is 22.3. The van der Waals surface area contributed by atoms with E-state index in [-0.39, 0.29) is 60.8 Å². The number of amides is 1. The lowest BCUT2D eigenvalue weighted by Gasteiger charge is -2.38. The van der Waals surface area contributed by atoms with E-state index in [0.29, 0.717) is 18.8 Å². The number of aromatic hydroxyl groups is 1. The van der Waals surface area contributed by atoms with Gasteiger partial charge >= 0.3 is 11.8 Å². The van der Waals surface area contributed by atoms with Crippen molar-refractivity contribution < 1.29 is 53.4 Å². The summed E-state index contributed by atoms with van der Waals surface area (Å²) in [5, 5.41) is 49.2. The third-order valence-corrected chi connectivity index (χ3v) is 13.6. The number of nitrogens with one attached hydrogen (secondary N) is 1. The molecule has 4 aromatic rings. The number of anilines is 2. The molecule has 0 unspecified atom stereocenters. The van der Waals surface area contributed by atoms with Gasteiger partial charge in [-0.25, -0.2) is 4.98 Å². The van der Waals surface area contributed by atoms with E-state index < -0.39 is 88.1 Å². The van der Waals surface area contributed by atoms with Crippen molar-refractivity contribution in [2.45, 2.75) is 92.5 Å². The molecule has 3 aliphatic heterocycles. The van der Waals surface area contributed by atoms with Gasteiger partial charge < -0.3 is 58.9 Å². The van der Waals surface area contributed by atoms with Crippen molar-refractivity contribution in [3.8, 4) is 11.5 Å². The van der Waals surface area contributed by atoms with Crippen molar-refractivity contribution in [2.75, 3.05) is 50.1 Å². The number of phenols is 1. The van der Waals surface area contributed by atoms with Crippen LogP contribution in [0.3, 0.4) is 0 Å².